The summed E-state index contributed by atoms with van der Waals surface area (Å²) in [5, 5.41) is 10.9. The van der Waals surface area contributed by atoms with Gasteiger partial charge in [-0.15, -0.1) is 0 Å². The molecule has 3 aliphatic heterocycles. The second kappa shape index (κ2) is 13.2. The van der Waals surface area contributed by atoms with Gasteiger partial charge in [-0.2, -0.15) is 0 Å². The Labute approximate surface area is 286 Å². The minimum absolute atomic E-state index is 0.0484. The van der Waals surface area contributed by atoms with Crippen molar-refractivity contribution >= 4 is 46.6 Å². The average Bonchev–Trinajstić information content (AvgIpc) is 3.92. The fraction of sp³-hybridized carbons (Fsp3) is 0.667. The number of hydrogen-bond acceptors (Lipinski definition) is 8. The highest BCUT2D eigenvalue weighted by molar-refractivity contribution is 6.39. The molecule has 2 saturated heterocycles. The second-order valence-corrected chi connectivity index (χ2v) is 16.0. The van der Waals surface area contributed by atoms with Crippen LogP contribution in [-0.4, -0.2) is 83.4 Å². The van der Waals surface area contributed by atoms with Crippen molar-refractivity contribution in [2.45, 2.75) is 109 Å². The summed E-state index contributed by atoms with van der Waals surface area (Å²) in [4.78, 5) is 75.5. The average molecular weight is 683 g/mol. The van der Waals surface area contributed by atoms with E-state index in [9.17, 15) is 24.0 Å². The first-order valence-corrected chi connectivity index (χ1v) is 17.7. The Hall–Kier alpha value is -3.31. The normalized spacial score (nSPS) is 27.2. The van der Waals surface area contributed by atoms with Gasteiger partial charge in [-0.3, -0.25) is 24.0 Å². The van der Waals surface area contributed by atoms with Crippen LogP contribution in [0.2, 0.25) is 5.02 Å². The van der Waals surface area contributed by atoms with Crippen LogP contribution in [0.3, 0.4) is 0 Å². The summed E-state index contributed by atoms with van der Waals surface area (Å²) in [6.45, 7) is 8.61. The number of rotatable bonds is 11. The zero-order chi connectivity index (χ0) is 34.4. The van der Waals surface area contributed by atoms with Gasteiger partial charge in [0.1, 0.15) is 12.1 Å². The van der Waals surface area contributed by atoms with Crippen molar-refractivity contribution in [3.05, 3.63) is 34.9 Å². The molecule has 2 N–H and O–H groups in total. The molecule has 1 aromatic carbocycles. The number of ketones is 2. The summed E-state index contributed by atoms with van der Waals surface area (Å²) in [7, 11) is 0. The van der Waals surface area contributed by atoms with Crippen molar-refractivity contribution in [2.24, 2.45) is 27.8 Å². The predicted molar refractivity (Wildman–Crippen MR) is 178 cm³/mol. The van der Waals surface area contributed by atoms with Crippen LogP contribution in [0.5, 0.6) is 0 Å². The van der Waals surface area contributed by atoms with Crippen LogP contribution < -0.4 is 10.6 Å². The quantitative estimate of drug-likeness (QED) is 0.336. The minimum atomic E-state index is -1.01. The monoisotopic (exact) mass is 682 g/mol. The molecule has 1 unspecified atom stereocenters. The molecule has 11 nitrogen and oxygen atoms in total. The Morgan fingerprint density at radius 2 is 1.79 bits per heavy atom. The summed E-state index contributed by atoms with van der Waals surface area (Å²) >= 11 is 6.25. The summed E-state index contributed by atoms with van der Waals surface area (Å²) < 4.78 is 5.52. The Bertz CT molecular complexity index is 1510. The lowest BCUT2D eigenvalue weighted by atomic mass is 9.85. The molecule has 260 valence electrons. The molecule has 4 fully saturated rings. The molecule has 1 aromatic rings. The van der Waals surface area contributed by atoms with Crippen LogP contribution in [-0.2, 0) is 33.5 Å². The van der Waals surface area contributed by atoms with Crippen molar-refractivity contribution < 1.29 is 33.5 Å². The van der Waals surface area contributed by atoms with E-state index in [1.54, 1.807) is 19.1 Å². The maximum absolute atomic E-state index is 14.6. The Morgan fingerprint density at radius 1 is 1.06 bits per heavy atom. The largest absolute Gasteiger partial charge is 0.387 e. The number of ether oxygens (including phenoxy) is 1. The van der Waals surface area contributed by atoms with E-state index in [0.29, 0.717) is 36.8 Å². The van der Waals surface area contributed by atoms with Crippen molar-refractivity contribution in [1.29, 1.82) is 0 Å². The molecule has 5 aliphatic rings. The van der Waals surface area contributed by atoms with Crippen LogP contribution >= 0.6 is 11.6 Å². The number of carbonyl (C=O) groups is 5. The lowest BCUT2D eigenvalue weighted by molar-refractivity contribution is -0.145. The van der Waals surface area contributed by atoms with Crippen molar-refractivity contribution in [3.8, 4) is 0 Å². The van der Waals surface area contributed by atoms with E-state index in [1.165, 1.54) is 4.90 Å². The number of nitrogens with zero attached hydrogens (tertiary/aromatic N) is 2. The van der Waals surface area contributed by atoms with Crippen molar-refractivity contribution in [2.75, 3.05) is 19.8 Å². The molecule has 2 saturated carbocycles. The number of oxime groups is 1. The first-order chi connectivity index (χ1) is 22.7. The third kappa shape index (κ3) is 7.18. The standard InChI is InChI=1S/C36H47ClN4O7/c1-5-28(42)29(43)25(15-21-9-10-21)38-32(45)27-19-36(18-26(40-48-36)22-7-6-8-23(37)16-22)20-41(27)33(46)30(34(2,3)4)39-31(44)24-17-35(24)11-13-47-14-12-35/h6-8,16,21,24-25,27,30H,5,9-15,17-20H2,1-4H3,(H,38,45)(H,39,44)/t24?,25-,27-,30+,36+/m0/s1. The van der Waals surface area contributed by atoms with Gasteiger partial charge in [0, 0.05) is 49.0 Å². The van der Waals surface area contributed by atoms with Gasteiger partial charge in [-0.05, 0) is 54.6 Å². The number of amides is 3. The molecule has 48 heavy (non-hydrogen) atoms. The van der Waals surface area contributed by atoms with Crippen LogP contribution in [0.15, 0.2) is 29.4 Å². The molecular weight excluding hydrogens is 636 g/mol. The third-order valence-corrected chi connectivity index (χ3v) is 11.1. The van der Waals surface area contributed by atoms with Gasteiger partial charge >= 0.3 is 0 Å². The molecule has 3 amide bonds. The SMILES string of the molecule is CCC(=O)C(=O)[C@H](CC1CC1)NC(=O)[C@@H]1C[C@]2(CC(c3cccc(Cl)c3)=NO2)CN1C(=O)[C@@H](NC(=O)C1CC12CCOCC2)C(C)(C)C. The number of halogens is 1. The van der Waals surface area contributed by atoms with Gasteiger partial charge in [-0.25, -0.2) is 0 Å². The first-order valence-electron chi connectivity index (χ1n) is 17.3. The fourth-order valence-corrected chi connectivity index (χ4v) is 7.80. The summed E-state index contributed by atoms with van der Waals surface area (Å²) in [5.74, 6) is -2.14. The maximum Gasteiger partial charge on any atom is 0.246 e. The van der Waals surface area contributed by atoms with Crippen molar-refractivity contribution in [1.82, 2.24) is 15.5 Å². The zero-order valence-electron chi connectivity index (χ0n) is 28.3. The Kier molecular flexibility index (Phi) is 9.50. The molecular formula is C36H47ClN4O7. The lowest BCUT2D eigenvalue weighted by Crippen LogP contribution is -2.59. The molecule has 6 rings (SSSR count). The van der Waals surface area contributed by atoms with Gasteiger partial charge in [0.25, 0.3) is 0 Å². The van der Waals surface area contributed by atoms with Gasteiger partial charge in [0.05, 0.1) is 18.3 Å². The molecule has 2 aliphatic carbocycles. The fourth-order valence-electron chi connectivity index (χ4n) is 7.61. The highest BCUT2D eigenvalue weighted by atomic mass is 35.5. The Morgan fingerprint density at radius 3 is 2.44 bits per heavy atom. The molecule has 0 radical (unpaired) electrons. The molecule has 3 heterocycles. The highest BCUT2D eigenvalue weighted by Crippen LogP contribution is 2.59. The molecule has 2 spiro atoms. The second-order valence-electron chi connectivity index (χ2n) is 15.6. The number of carbonyl (C=O) groups excluding carboxylic acids is 5. The van der Waals surface area contributed by atoms with E-state index in [4.69, 9.17) is 21.2 Å². The van der Waals surface area contributed by atoms with Gasteiger partial charge in [0.2, 0.25) is 23.5 Å². The molecule has 0 aromatic heterocycles. The highest BCUT2D eigenvalue weighted by Gasteiger charge is 2.60. The summed E-state index contributed by atoms with van der Waals surface area (Å²) in [6.07, 6.45) is 5.19. The van der Waals surface area contributed by atoms with Crippen LogP contribution in [0, 0.1) is 22.7 Å². The topological polar surface area (TPSA) is 143 Å². The number of benzene rings is 1. The van der Waals surface area contributed by atoms with Crippen molar-refractivity contribution in [3.63, 3.8) is 0 Å². The van der Waals surface area contributed by atoms with Crippen LogP contribution in [0.25, 0.3) is 0 Å². The van der Waals surface area contributed by atoms with E-state index in [2.05, 4.69) is 15.8 Å². The van der Waals surface area contributed by atoms with E-state index in [0.717, 1.165) is 37.7 Å². The molecule has 12 heteroatoms. The number of hydrogen-bond donors (Lipinski definition) is 2. The first kappa shape index (κ1) is 34.5. The molecule has 5 atom stereocenters. The summed E-state index contributed by atoms with van der Waals surface area (Å²) in [5.41, 5.74) is -0.321. The van der Waals surface area contributed by atoms with Crippen LogP contribution in [0.4, 0.5) is 0 Å². The van der Waals surface area contributed by atoms with Gasteiger partial charge < -0.3 is 25.1 Å². The summed E-state index contributed by atoms with van der Waals surface area (Å²) in [6, 6.07) is 4.36. The smallest absolute Gasteiger partial charge is 0.246 e. The van der Waals surface area contributed by atoms with E-state index in [-0.39, 0.29) is 42.5 Å². The number of likely N-dealkylation sites (tertiary alicyclic amines) is 1. The van der Waals surface area contributed by atoms with E-state index < -0.39 is 52.5 Å². The zero-order valence-corrected chi connectivity index (χ0v) is 29.1. The van der Waals surface area contributed by atoms with Gasteiger partial charge in [-0.1, -0.05) is 69.4 Å². The Balaban J connectivity index is 1.25. The predicted octanol–water partition coefficient (Wildman–Crippen LogP) is 3.98. The van der Waals surface area contributed by atoms with Crippen LogP contribution in [0.1, 0.15) is 91.0 Å². The van der Waals surface area contributed by atoms with Gasteiger partial charge in [0.15, 0.2) is 11.4 Å². The lowest BCUT2D eigenvalue weighted by Gasteiger charge is -2.36. The van der Waals surface area contributed by atoms with E-state index in [1.807, 2.05) is 32.9 Å². The maximum atomic E-state index is 14.6. The minimum Gasteiger partial charge on any atom is -0.387 e. The molecule has 0 bridgehead atoms. The number of nitrogens with one attached hydrogen (secondary N) is 2. The number of Topliss-reactive ketones (excluding diaryl/α,β-unsaturated/α-hetero) is 2. The van der Waals surface area contributed by atoms with E-state index >= 15 is 0 Å². The third-order valence-electron chi connectivity index (χ3n) is 10.9.